The Morgan fingerprint density at radius 1 is 1.47 bits per heavy atom. The maximum atomic E-state index is 11.8. The number of hydrogen-bond acceptors (Lipinski definition) is 4. The highest BCUT2D eigenvalue weighted by molar-refractivity contribution is 7.80. The molecule has 1 fully saturated rings. The number of aliphatic hydroxyl groups excluding tert-OH is 1. The SMILES string of the molecule is NC(=S)CNC(=O)C(=O)N1CCCCC1CO. The average Bonchev–Trinajstić information content (AvgIpc) is 2.34. The van der Waals surface area contributed by atoms with Crippen LogP contribution in [0.15, 0.2) is 0 Å². The van der Waals surface area contributed by atoms with Gasteiger partial charge in [-0.1, -0.05) is 12.2 Å². The predicted molar refractivity (Wildman–Crippen MR) is 66.2 cm³/mol. The van der Waals surface area contributed by atoms with Gasteiger partial charge in [0.2, 0.25) is 0 Å². The molecule has 2 amide bonds. The van der Waals surface area contributed by atoms with Crippen LogP contribution in [-0.4, -0.2) is 52.5 Å². The third-order valence-corrected chi connectivity index (χ3v) is 2.86. The molecule has 0 aliphatic carbocycles. The monoisotopic (exact) mass is 259 g/mol. The molecule has 0 spiro atoms. The Kier molecular flexibility index (Phi) is 5.30. The zero-order valence-corrected chi connectivity index (χ0v) is 10.3. The largest absolute Gasteiger partial charge is 0.394 e. The van der Waals surface area contributed by atoms with Gasteiger partial charge in [-0.3, -0.25) is 9.59 Å². The van der Waals surface area contributed by atoms with Crippen molar-refractivity contribution in [3.63, 3.8) is 0 Å². The van der Waals surface area contributed by atoms with Gasteiger partial charge in [0.15, 0.2) is 0 Å². The van der Waals surface area contributed by atoms with Gasteiger partial charge in [0.1, 0.15) is 0 Å². The number of nitrogens with zero attached hydrogens (tertiary/aromatic N) is 1. The maximum Gasteiger partial charge on any atom is 0.312 e. The highest BCUT2D eigenvalue weighted by atomic mass is 32.1. The summed E-state index contributed by atoms with van der Waals surface area (Å²) in [7, 11) is 0. The van der Waals surface area contributed by atoms with Gasteiger partial charge in [0.25, 0.3) is 0 Å². The highest BCUT2D eigenvalue weighted by Gasteiger charge is 2.29. The molecule has 1 aliphatic heterocycles. The van der Waals surface area contributed by atoms with Crippen LogP contribution in [0.25, 0.3) is 0 Å². The molecule has 0 aromatic rings. The zero-order chi connectivity index (χ0) is 12.8. The van der Waals surface area contributed by atoms with Crippen LogP contribution in [0.2, 0.25) is 0 Å². The summed E-state index contributed by atoms with van der Waals surface area (Å²) in [5.41, 5.74) is 5.22. The van der Waals surface area contributed by atoms with Gasteiger partial charge >= 0.3 is 11.8 Å². The van der Waals surface area contributed by atoms with Crippen molar-refractivity contribution in [3.8, 4) is 0 Å². The second-order valence-electron chi connectivity index (χ2n) is 3.98. The van der Waals surface area contributed by atoms with Crippen LogP contribution in [0.3, 0.4) is 0 Å². The van der Waals surface area contributed by atoms with Gasteiger partial charge in [-0.05, 0) is 19.3 Å². The van der Waals surface area contributed by atoms with Crippen molar-refractivity contribution in [3.05, 3.63) is 0 Å². The van der Waals surface area contributed by atoms with Gasteiger partial charge in [0, 0.05) is 6.54 Å². The molecule has 4 N–H and O–H groups in total. The molecule has 7 heteroatoms. The van der Waals surface area contributed by atoms with Gasteiger partial charge < -0.3 is 21.1 Å². The lowest BCUT2D eigenvalue weighted by Gasteiger charge is -2.33. The first kappa shape index (κ1) is 13.9. The number of thiocarbonyl (C=S) groups is 1. The molecule has 1 aliphatic rings. The number of amides is 2. The Bertz CT molecular complexity index is 322. The average molecular weight is 259 g/mol. The van der Waals surface area contributed by atoms with Gasteiger partial charge in [-0.15, -0.1) is 0 Å². The molecule has 0 aromatic carbocycles. The van der Waals surface area contributed by atoms with Crippen molar-refractivity contribution in [1.29, 1.82) is 0 Å². The fraction of sp³-hybridized carbons (Fsp3) is 0.700. The van der Waals surface area contributed by atoms with Crippen molar-refractivity contribution < 1.29 is 14.7 Å². The Labute approximate surface area is 105 Å². The lowest BCUT2D eigenvalue weighted by Crippen LogP contribution is -2.52. The van der Waals surface area contributed by atoms with Crippen LogP contribution in [0.1, 0.15) is 19.3 Å². The number of nitrogens with one attached hydrogen (secondary N) is 1. The minimum absolute atomic E-state index is 0.0114. The third kappa shape index (κ3) is 3.94. The summed E-state index contributed by atoms with van der Waals surface area (Å²) >= 11 is 4.60. The molecule has 1 unspecified atom stereocenters. The molecule has 1 rings (SSSR count). The van der Waals surface area contributed by atoms with E-state index in [1.165, 1.54) is 4.90 Å². The summed E-state index contributed by atoms with van der Waals surface area (Å²) in [6, 6.07) is -0.258. The topological polar surface area (TPSA) is 95.7 Å². The number of likely N-dealkylation sites (tertiary alicyclic amines) is 1. The highest BCUT2D eigenvalue weighted by Crippen LogP contribution is 2.16. The first-order valence-corrected chi connectivity index (χ1v) is 5.95. The molecule has 0 radical (unpaired) electrons. The molecule has 0 aromatic heterocycles. The van der Waals surface area contributed by atoms with Crippen molar-refractivity contribution >= 4 is 29.0 Å². The number of carbonyl (C=O) groups excluding carboxylic acids is 2. The van der Waals surface area contributed by atoms with E-state index in [4.69, 9.17) is 10.8 Å². The Morgan fingerprint density at radius 2 is 2.18 bits per heavy atom. The van der Waals surface area contributed by atoms with Crippen molar-refractivity contribution in [2.24, 2.45) is 5.73 Å². The smallest absolute Gasteiger partial charge is 0.312 e. The quantitative estimate of drug-likeness (QED) is 0.435. The van der Waals surface area contributed by atoms with Crippen LogP contribution in [0, 0.1) is 0 Å². The van der Waals surface area contributed by atoms with Gasteiger partial charge in [0.05, 0.1) is 24.2 Å². The first-order valence-electron chi connectivity index (χ1n) is 5.54. The number of hydrogen-bond donors (Lipinski definition) is 3. The van der Waals surface area contributed by atoms with Crippen LogP contribution >= 0.6 is 12.2 Å². The summed E-state index contributed by atoms with van der Waals surface area (Å²) in [6.07, 6.45) is 2.54. The van der Waals surface area contributed by atoms with Crippen LogP contribution in [-0.2, 0) is 9.59 Å². The second kappa shape index (κ2) is 6.51. The fourth-order valence-electron chi connectivity index (χ4n) is 1.83. The lowest BCUT2D eigenvalue weighted by atomic mass is 10.0. The minimum atomic E-state index is -0.724. The first-order chi connectivity index (χ1) is 8.06. The molecule has 0 bridgehead atoms. The number of piperidine rings is 1. The molecule has 1 saturated heterocycles. The number of carbonyl (C=O) groups is 2. The number of nitrogens with two attached hydrogens (primary N) is 1. The maximum absolute atomic E-state index is 11.8. The van der Waals surface area contributed by atoms with E-state index in [9.17, 15) is 9.59 Å². The molecule has 96 valence electrons. The van der Waals surface area contributed by atoms with E-state index in [0.29, 0.717) is 6.54 Å². The van der Waals surface area contributed by atoms with Crippen LogP contribution in [0.4, 0.5) is 0 Å². The summed E-state index contributed by atoms with van der Waals surface area (Å²) in [5, 5.41) is 11.5. The number of rotatable bonds is 3. The van der Waals surface area contributed by atoms with Crippen LogP contribution in [0.5, 0.6) is 0 Å². The lowest BCUT2D eigenvalue weighted by molar-refractivity contribution is -0.148. The standard InChI is InChI=1S/C10H17N3O3S/c11-8(17)5-12-9(15)10(16)13-4-2-1-3-7(13)6-14/h7,14H,1-6H2,(H2,11,17)(H,12,15). The van der Waals surface area contributed by atoms with E-state index >= 15 is 0 Å². The van der Waals surface area contributed by atoms with Crippen molar-refractivity contribution in [1.82, 2.24) is 10.2 Å². The molecule has 1 heterocycles. The number of aliphatic hydroxyl groups is 1. The van der Waals surface area contributed by atoms with E-state index < -0.39 is 11.8 Å². The fourth-order valence-corrected chi connectivity index (χ4v) is 1.90. The minimum Gasteiger partial charge on any atom is -0.394 e. The molecular weight excluding hydrogens is 242 g/mol. The molecule has 0 saturated carbocycles. The molecule has 6 nitrogen and oxygen atoms in total. The summed E-state index contributed by atoms with van der Waals surface area (Å²) in [5.74, 6) is -1.35. The summed E-state index contributed by atoms with van der Waals surface area (Å²) < 4.78 is 0. The van der Waals surface area contributed by atoms with Crippen LogP contribution < -0.4 is 11.1 Å². The van der Waals surface area contributed by atoms with Crippen molar-refractivity contribution in [2.75, 3.05) is 19.7 Å². The second-order valence-corrected chi connectivity index (χ2v) is 4.50. The summed E-state index contributed by atoms with van der Waals surface area (Å²) in [4.78, 5) is 24.9. The zero-order valence-electron chi connectivity index (χ0n) is 9.52. The Hall–Kier alpha value is -1.21. The molecule has 1 atom stereocenters. The predicted octanol–water partition coefficient (Wildman–Crippen LogP) is -1.24. The van der Waals surface area contributed by atoms with E-state index in [1.807, 2.05) is 0 Å². The van der Waals surface area contributed by atoms with E-state index in [0.717, 1.165) is 19.3 Å². The Balaban J connectivity index is 2.54. The molecular formula is C10H17N3O3S. The van der Waals surface area contributed by atoms with E-state index in [-0.39, 0.29) is 24.2 Å². The van der Waals surface area contributed by atoms with Gasteiger partial charge in [-0.25, -0.2) is 0 Å². The van der Waals surface area contributed by atoms with Crippen molar-refractivity contribution in [2.45, 2.75) is 25.3 Å². The Morgan fingerprint density at radius 3 is 2.76 bits per heavy atom. The summed E-state index contributed by atoms with van der Waals surface area (Å²) in [6.45, 7) is 0.399. The third-order valence-electron chi connectivity index (χ3n) is 2.72. The molecule has 17 heavy (non-hydrogen) atoms. The van der Waals surface area contributed by atoms with E-state index in [1.54, 1.807) is 0 Å². The normalized spacial score (nSPS) is 19.8. The van der Waals surface area contributed by atoms with E-state index in [2.05, 4.69) is 17.5 Å². The van der Waals surface area contributed by atoms with Gasteiger partial charge in [-0.2, -0.15) is 0 Å².